The van der Waals surface area contributed by atoms with Crippen molar-refractivity contribution in [3.63, 3.8) is 0 Å². The fourth-order valence-electron chi connectivity index (χ4n) is 3.65. The van der Waals surface area contributed by atoms with Gasteiger partial charge in [-0.2, -0.15) is 4.72 Å². The third-order valence-corrected chi connectivity index (χ3v) is 6.79. The second-order valence-corrected chi connectivity index (χ2v) is 10.9. The van der Waals surface area contributed by atoms with Crippen molar-refractivity contribution in [1.82, 2.24) is 9.62 Å². The first-order valence-corrected chi connectivity index (χ1v) is 11.5. The van der Waals surface area contributed by atoms with E-state index in [0.717, 1.165) is 5.39 Å². The van der Waals surface area contributed by atoms with Gasteiger partial charge in [-0.05, 0) is 53.3 Å². The van der Waals surface area contributed by atoms with Crippen LogP contribution in [0.4, 0.5) is 0 Å². The third-order valence-electron chi connectivity index (χ3n) is 5.09. The van der Waals surface area contributed by atoms with E-state index in [1.807, 2.05) is 20.8 Å². The lowest BCUT2D eigenvalue weighted by Gasteiger charge is -2.30. The van der Waals surface area contributed by atoms with Crippen molar-refractivity contribution in [3.05, 3.63) is 41.4 Å². The number of halogens is 1. The largest absolute Gasteiger partial charge is 0.480 e. The molecular weight excluding hydrogens is 428 g/mol. The monoisotopic (exact) mass is 452 g/mol. The molecule has 2 N–H and O–H groups in total. The lowest BCUT2D eigenvalue weighted by molar-refractivity contribution is -0.149. The van der Waals surface area contributed by atoms with Gasteiger partial charge >= 0.3 is 5.97 Å². The van der Waals surface area contributed by atoms with Crippen molar-refractivity contribution >= 4 is 44.3 Å². The van der Waals surface area contributed by atoms with Crippen LogP contribution in [-0.2, 0) is 19.6 Å². The lowest BCUT2D eigenvalue weighted by Crippen LogP contribution is -2.48. The quantitative estimate of drug-likeness (QED) is 0.700. The van der Waals surface area contributed by atoms with Crippen LogP contribution in [0.15, 0.2) is 41.3 Å². The van der Waals surface area contributed by atoms with Crippen LogP contribution in [0.1, 0.15) is 33.6 Å². The lowest BCUT2D eigenvalue weighted by atomic mass is 9.87. The summed E-state index contributed by atoms with van der Waals surface area (Å²) in [5.74, 6) is -1.60. The predicted molar refractivity (Wildman–Crippen MR) is 115 cm³/mol. The summed E-state index contributed by atoms with van der Waals surface area (Å²) < 4.78 is 28.2. The number of likely N-dealkylation sites (tertiary alicyclic amines) is 1. The Morgan fingerprint density at radius 1 is 1.23 bits per heavy atom. The molecular formula is C21H25ClN2O5S. The molecule has 162 valence electrons. The molecule has 2 aromatic rings. The van der Waals surface area contributed by atoms with E-state index in [-0.39, 0.29) is 29.7 Å². The maximum Gasteiger partial charge on any atom is 0.326 e. The van der Waals surface area contributed by atoms with Gasteiger partial charge in [-0.3, -0.25) is 4.79 Å². The van der Waals surface area contributed by atoms with E-state index in [1.165, 1.54) is 17.0 Å². The highest BCUT2D eigenvalue weighted by molar-refractivity contribution is 7.89. The van der Waals surface area contributed by atoms with Gasteiger partial charge in [0.05, 0.1) is 4.90 Å². The van der Waals surface area contributed by atoms with E-state index in [0.29, 0.717) is 10.4 Å². The van der Waals surface area contributed by atoms with Crippen LogP contribution < -0.4 is 4.72 Å². The highest BCUT2D eigenvalue weighted by atomic mass is 35.5. The molecule has 0 aromatic heterocycles. The Bertz CT molecular complexity index is 1090. The first kappa shape index (κ1) is 22.5. The summed E-state index contributed by atoms with van der Waals surface area (Å²) in [5.41, 5.74) is -0.297. The number of carbonyl (C=O) groups is 2. The number of fused-ring (bicyclic) bond motifs is 1. The van der Waals surface area contributed by atoms with Gasteiger partial charge in [0.2, 0.25) is 15.9 Å². The summed E-state index contributed by atoms with van der Waals surface area (Å²) in [6.07, 6.45) is 0.496. The molecule has 7 nitrogen and oxygen atoms in total. The van der Waals surface area contributed by atoms with Crippen molar-refractivity contribution in [3.8, 4) is 0 Å². The first-order valence-electron chi connectivity index (χ1n) is 9.62. The fraction of sp³-hybridized carbons (Fsp3) is 0.429. The molecule has 1 aliphatic rings. The molecule has 3 rings (SSSR count). The Hall–Kier alpha value is -2.16. The number of aliphatic carboxylic acids is 1. The highest BCUT2D eigenvalue weighted by Gasteiger charge is 2.42. The molecule has 0 spiro atoms. The molecule has 0 unspecified atom stereocenters. The second kappa shape index (κ2) is 8.17. The Balaban J connectivity index is 1.80. The number of nitrogens with zero attached hydrogens (tertiary/aromatic N) is 1. The number of benzene rings is 2. The smallest absolute Gasteiger partial charge is 0.326 e. The Morgan fingerprint density at radius 3 is 2.50 bits per heavy atom. The first-order chi connectivity index (χ1) is 13.9. The summed E-state index contributed by atoms with van der Waals surface area (Å²) in [5, 5.41) is 11.6. The van der Waals surface area contributed by atoms with Crippen LogP contribution in [0, 0.1) is 5.41 Å². The molecule has 0 bridgehead atoms. The van der Waals surface area contributed by atoms with E-state index in [9.17, 15) is 23.1 Å². The van der Waals surface area contributed by atoms with E-state index in [1.54, 1.807) is 24.3 Å². The molecule has 0 saturated carbocycles. The zero-order valence-corrected chi connectivity index (χ0v) is 18.6. The highest BCUT2D eigenvalue weighted by Crippen LogP contribution is 2.28. The third kappa shape index (κ3) is 4.94. The van der Waals surface area contributed by atoms with E-state index in [2.05, 4.69) is 4.72 Å². The van der Waals surface area contributed by atoms with Crippen LogP contribution in [0.3, 0.4) is 0 Å². The topological polar surface area (TPSA) is 104 Å². The maximum absolute atomic E-state index is 12.9. The zero-order chi connectivity index (χ0) is 22.3. The molecule has 0 aliphatic carbocycles. The van der Waals surface area contributed by atoms with Gasteiger partial charge in [0.15, 0.2) is 0 Å². The molecule has 30 heavy (non-hydrogen) atoms. The number of hydrogen-bond acceptors (Lipinski definition) is 4. The average molecular weight is 453 g/mol. The maximum atomic E-state index is 12.9. The molecule has 1 amide bonds. The number of rotatable bonds is 6. The summed E-state index contributed by atoms with van der Waals surface area (Å²) in [7, 11) is -3.96. The van der Waals surface area contributed by atoms with Gasteiger partial charge in [-0.1, -0.05) is 44.5 Å². The summed E-state index contributed by atoms with van der Waals surface area (Å²) in [4.78, 5) is 25.8. The molecule has 1 fully saturated rings. The van der Waals surface area contributed by atoms with Crippen molar-refractivity contribution in [2.75, 3.05) is 6.54 Å². The van der Waals surface area contributed by atoms with Gasteiger partial charge in [-0.25, -0.2) is 13.2 Å². The van der Waals surface area contributed by atoms with Crippen LogP contribution in [0.5, 0.6) is 0 Å². The van der Waals surface area contributed by atoms with Gasteiger partial charge in [0, 0.05) is 11.6 Å². The molecule has 1 aliphatic heterocycles. The normalized spacial score (nSPS) is 18.7. The number of amides is 1. The minimum absolute atomic E-state index is 0.0352. The zero-order valence-electron chi connectivity index (χ0n) is 17.1. The van der Waals surface area contributed by atoms with Gasteiger partial charge < -0.3 is 10.0 Å². The van der Waals surface area contributed by atoms with Crippen molar-refractivity contribution in [2.24, 2.45) is 5.41 Å². The van der Waals surface area contributed by atoms with Crippen molar-refractivity contribution < 1.29 is 23.1 Å². The number of carboxylic acid groups (broad SMARTS) is 1. The number of hydrogen-bond donors (Lipinski definition) is 2. The molecule has 1 saturated heterocycles. The Labute approximate surface area is 181 Å². The Morgan fingerprint density at radius 2 is 1.87 bits per heavy atom. The van der Waals surface area contributed by atoms with Crippen molar-refractivity contribution in [1.29, 1.82) is 0 Å². The SMILES string of the molecule is CC(C)(C)C[C@@H](C(=O)O)N1CC[C@H](NS(=O)(=O)c2ccc3cc(Cl)ccc3c2)C1=O. The van der Waals surface area contributed by atoms with E-state index in [4.69, 9.17) is 11.6 Å². The van der Waals surface area contributed by atoms with Crippen LogP contribution in [0.25, 0.3) is 10.8 Å². The van der Waals surface area contributed by atoms with E-state index >= 15 is 0 Å². The van der Waals surface area contributed by atoms with E-state index < -0.39 is 34.0 Å². The number of sulfonamides is 1. The summed E-state index contributed by atoms with van der Waals surface area (Å²) in [6, 6.07) is 7.79. The van der Waals surface area contributed by atoms with Gasteiger partial charge in [0.25, 0.3) is 0 Å². The molecule has 1 heterocycles. The summed E-state index contributed by atoms with van der Waals surface area (Å²) >= 11 is 5.96. The number of carbonyl (C=O) groups excluding carboxylic acids is 1. The van der Waals surface area contributed by atoms with Crippen molar-refractivity contribution in [2.45, 2.75) is 50.6 Å². The van der Waals surface area contributed by atoms with Gasteiger partial charge in [0.1, 0.15) is 12.1 Å². The summed E-state index contributed by atoms with van der Waals surface area (Å²) in [6.45, 7) is 5.89. The molecule has 9 heteroatoms. The standard InChI is InChI=1S/C21H25ClN2O5S/c1-21(2,3)12-18(20(26)27)24-9-8-17(19(24)25)23-30(28,29)16-7-5-13-10-15(22)6-4-14(13)11-16/h4-7,10-11,17-18,23H,8-9,12H2,1-3H3,(H,26,27)/t17-,18-/m0/s1. The minimum Gasteiger partial charge on any atom is -0.480 e. The van der Waals surface area contributed by atoms with Crippen LogP contribution in [0.2, 0.25) is 5.02 Å². The van der Waals surface area contributed by atoms with Crippen LogP contribution in [-0.4, -0.2) is 48.9 Å². The minimum atomic E-state index is -3.96. The molecule has 2 atom stereocenters. The predicted octanol–water partition coefficient (Wildman–Crippen LogP) is 3.26. The van der Waals surface area contributed by atoms with Gasteiger partial charge in [-0.15, -0.1) is 0 Å². The van der Waals surface area contributed by atoms with Crippen LogP contribution >= 0.6 is 11.6 Å². The average Bonchev–Trinajstić information content (AvgIpc) is 2.98. The number of carboxylic acids is 1. The Kier molecular flexibility index (Phi) is 6.13. The fourth-order valence-corrected chi connectivity index (χ4v) is 5.09. The molecule has 0 radical (unpaired) electrons. The number of nitrogens with one attached hydrogen (secondary N) is 1. The second-order valence-electron chi connectivity index (χ2n) is 8.77. The molecule has 2 aromatic carbocycles.